The highest BCUT2D eigenvalue weighted by atomic mass is 15.1. The van der Waals surface area contributed by atoms with Crippen LogP contribution >= 0.6 is 0 Å². The van der Waals surface area contributed by atoms with Crippen LogP contribution in [0.25, 0.3) is 0 Å². The van der Waals surface area contributed by atoms with Gasteiger partial charge in [0.25, 0.3) is 0 Å². The van der Waals surface area contributed by atoms with Gasteiger partial charge in [-0.1, -0.05) is 25.0 Å². The minimum atomic E-state index is 0.941. The van der Waals surface area contributed by atoms with E-state index in [0.717, 1.165) is 12.5 Å². The number of benzene rings is 1. The molecular formula is C15H24N2. The van der Waals surface area contributed by atoms with Crippen LogP contribution in [0.1, 0.15) is 31.2 Å². The van der Waals surface area contributed by atoms with Crippen molar-refractivity contribution in [2.75, 3.05) is 26.0 Å². The van der Waals surface area contributed by atoms with Gasteiger partial charge in [-0.15, -0.1) is 0 Å². The molecule has 2 heteroatoms. The van der Waals surface area contributed by atoms with Crippen LogP contribution in [-0.2, 0) is 6.54 Å². The number of rotatable bonds is 5. The highest BCUT2D eigenvalue weighted by Gasteiger charge is 2.16. The Balaban J connectivity index is 1.81. The lowest BCUT2D eigenvalue weighted by Gasteiger charge is -2.20. The lowest BCUT2D eigenvalue weighted by Crippen LogP contribution is -2.24. The number of hydrogen-bond acceptors (Lipinski definition) is 2. The van der Waals surface area contributed by atoms with E-state index >= 15 is 0 Å². The summed E-state index contributed by atoms with van der Waals surface area (Å²) in [5, 5.41) is 3.15. The molecule has 0 amide bonds. The maximum Gasteiger partial charge on any atom is 0.0337 e. The van der Waals surface area contributed by atoms with E-state index in [1.807, 2.05) is 7.05 Å². The molecule has 1 saturated carbocycles. The third-order valence-corrected chi connectivity index (χ3v) is 3.74. The summed E-state index contributed by atoms with van der Waals surface area (Å²) in [7, 11) is 4.20. The molecule has 1 fully saturated rings. The molecule has 1 aromatic rings. The molecule has 0 radical (unpaired) electrons. The molecule has 0 aliphatic heterocycles. The Labute approximate surface area is 105 Å². The first-order chi connectivity index (χ1) is 8.28. The Morgan fingerprint density at radius 3 is 2.41 bits per heavy atom. The lowest BCUT2D eigenvalue weighted by molar-refractivity contribution is 0.271. The van der Waals surface area contributed by atoms with Crippen LogP contribution in [0.2, 0.25) is 0 Å². The molecule has 94 valence electrons. The van der Waals surface area contributed by atoms with Crippen LogP contribution in [0, 0.1) is 5.92 Å². The molecule has 1 aliphatic carbocycles. The summed E-state index contributed by atoms with van der Waals surface area (Å²) in [5.74, 6) is 0.941. The summed E-state index contributed by atoms with van der Waals surface area (Å²) in [6.45, 7) is 2.33. The molecular weight excluding hydrogens is 208 g/mol. The fourth-order valence-corrected chi connectivity index (χ4v) is 2.79. The van der Waals surface area contributed by atoms with Crippen LogP contribution in [0.3, 0.4) is 0 Å². The van der Waals surface area contributed by atoms with Gasteiger partial charge in [-0.25, -0.2) is 0 Å². The van der Waals surface area contributed by atoms with E-state index in [0.29, 0.717) is 0 Å². The first kappa shape index (κ1) is 12.4. The SMILES string of the molecule is CNc1ccc(CN(C)CC2CCCC2)cc1. The summed E-state index contributed by atoms with van der Waals surface area (Å²) in [6, 6.07) is 8.74. The normalized spacial score (nSPS) is 16.6. The predicted molar refractivity (Wildman–Crippen MR) is 74.3 cm³/mol. The zero-order valence-electron chi connectivity index (χ0n) is 11.1. The van der Waals surface area contributed by atoms with Gasteiger partial charge in [-0.05, 0) is 43.5 Å². The zero-order valence-corrected chi connectivity index (χ0v) is 11.1. The van der Waals surface area contributed by atoms with Crippen molar-refractivity contribution >= 4 is 5.69 Å². The molecule has 1 aliphatic rings. The van der Waals surface area contributed by atoms with Crippen molar-refractivity contribution in [3.63, 3.8) is 0 Å². The fourth-order valence-electron chi connectivity index (χ4n) is 2.79. The van der Waals surface area contributed by atoms with Crippen molar-refractivity contribution in [3.05, 3.63) is 29.8 Å². The van der Waals surface area contributed by atoms with Crippen molar-refractivity contribution in [1.29, 1.82) is 0 Å². The molecule has 0 spiro atoms. The van der Waals surface area contributed by atoms with Crippen LogP contribution in [0.4, 0.5) is 5.69 Å². The number of nitrogens with one attached hydrogen (secondary N) is 1. The molecule has 1 aromatic carbocycles. The predicted octanol–water partition coefficient (Wildman–Crippen LogP) is 3.35. The molecule has 0 saturated heterocycles. The smallest absolute Gasteiger partial charge is 0.0337 e. The van der Waals surface area contributed by atoms with Gasteiger partial charge in [0.1, 0.15) is 0 Å². The average Bonchev–Trinajstić information content (AvgIpc) is 2.82. The highest BCUT2D eigenvalue weighted by Crippen LogP contribution is 2.25. The molecule has 0 bridgehead atoms. The summed E-state index contributed by atoms with van der Waals surface area (Å²) in [6.07, 6.45) is 5.75. The Bertz CT molecular complexity index is 325. The van der Waals surface area contributed by atoms with Gasteiger partial charge in [0.2, 0.25) is 0 Å². The highest BCUT2D eigenvalue weighted by molar-refractivity contribution is 5.43. The Hall–Kier alpha value is -1.02. The topological polar surface area (TPSA) is 15.3 Å². The van der Waals surface area contributed by atoms with Gasteiger partial charge in [0.15, 0.2) is 0 Å². The van der Waals surface area contributed by atoms with E-state index in [2.05, 4.69) is 41.5 Å². The summed E-state index contributed by atoms with van der Waals surface area (Å²) >= 11 is 0. The minimum Gasteiger partial charge on any atom is -0.388 e. The molecule has 1 N–H and O–H groups in total. The second kappa shape index (κ2) is 6.06. The average molecular weight is 232 g/mol. The van der Waals surface area contributed by atoms with Crippen LogP contribution < -0.4 is 5.32 Å². The Morgan fingerprint density at radius 2 is 1.82 bits per heavy atom. The maximum atomic E-state index is 3.15. The first-order valence-electron chi connectivity index (χ1n) is 6.73. The fraction of sp³-hybridized carbons (Fsp3) is 0.600. The number of anilines is 1. The van der Waals surface area contributed by atoms with E-state index < -0.39 is 0 Å². The maximum absolute atomic E-state index is 3.15. The van der Waals surface area contributed by atoms with Crippen LogP contribution in [0.15, 0.2) is 24.3 Å². The summed E-state index contributed by atoms with van der Waals surface area (Å²) < 4.78 is 0. The second-order valence-corrected chi connectivity index (χ2v) is 5.29. The van der Waals surface area contributed by atoms with Gasteiger partial charge in [0.05, 0.1) is 0 Å². The number of hydrogen-bond donors (Lipinski definition) is 1. The molecule has 0 aromatic heterocycles. The Morgan fingerprint density at radius 1 is 1.18 bits per heavy atom. The number of nitrogens with zero attached hydrogens (tertiary/aromatic N) is 1. The van der Waals surface area contributed by atoms with Crippen LogP contribution in [-0.4, -0.2) is 25.5 Å². The van der Waals surface area contributed by atoms with Gasteiger partial charge in [-0.2, -0.15) is 0 Å². The molecule has 2 nitrogen and oxygen atoms in total. The van der Waals surface area contributed by atoms with Crippen LogP contribution in [0.5, 0.6) is 0 Å². The molecule has 2 rings (SSSR count). The third kappa shape index (κ3) is 3.74. The summed E-state index contributed by atoms with van der Waals surface area (Å²) in [5.41, 5.74) is 2.59. The third-order valence-electron chi connectivity index (χ3n) is 3.74. The standard InChI is InChI=1S/C15H24N2/c1-16-15-9-7-14(8-10-15)12-17(2)11-13-5-3-4-6-13/h7-10,13,16H,3-6,11-12H2,1-2H3. The lowest BCUT2D eigenvalue weighted by atomic mass is 10.1. The van der Waals surface area contributed by atoms with E-state index in [1.165, 1.54) is 43.5 Å². The van der Waals surface area contributed by atoms with Gasteiger partial charge in [-0.3, -0.25) is 0 Å². The van der Waals surface area contributed by atoms with Gasteiger partial charge >= 0.3 is 0 Å². The molecule has 17 heavy (non-hydrogen) atoms. The van der Waals surface area contributed by atoms with Gasteiger partial charge in [0, 0.05) is 25.8 Å². The van der Waals surface area contributed by atoms with Crippen molar-refractivity contribution in [2.45, 2.75) is 32.2 Å². The second-order valence-electron chi connectivity index (χ2n) is 5.29. The first-order valence-corrected chi connectivity index (χ1v) is 6.73. The zero-order chi connectivity index (χ0) is 12.1. The van der Waals surface area contributed by atoms with E-state index in [1.54, 1.807) is 0 Å². The van der Waals surface area contributed by atoms with E-state index in [4.69, 9.17) is 0 Å². The largest absolute Gasteiger partial charge is 0.388 e. The Kier molecular flexibility index (Phi) is 4.43. The van der Waals surface area contributed by atoms with Crippen molar-refractivity contribution < 1.29 is 0 Å². The van der Waals surface area contributed by atoms with E-state index in [9.17, 15) is 0 Å². The van der Waals surface area contributed by atoms with Crippen molar-refractivity contribution in [1.82, 2.24) is 4.90 Å². The molecule has 0 heterocycles. The van der Waals surface area contributed by atoms with Crippen molar-refractivity contribution in [3.8, 4) is 0 Å². The molecule has 0 atom stereocenters. The summed E-state index contributed by atoms with van der Waals surface area (Å²) in [4.78, 5) is 2.46. The minimum absolute atomic E-state index is 0.941. The van der Waals surface area contributed by atoms with E-state index in [-0.39, 0.29) is 0 Å². The van der Waals surface area contributed by atoms with Crippen molar-refractivity contribution in [2.24, 2.45) is 5.92 Å². The molecule has 0 unspecified atom stereocenters. The van der Waals surface area contributed by atoms with Gasteiger partial charge < -0.3 is 10.2 Å². The monoisotopic (exact) mass is 232 g/mol. The quantitative estimate of drug-likeness (QED) is 0.837.